The molecule has 1 aliphatic carbocycles. The van der Waals surface area contributed by atoms with Crippen LogP contribution in [0.4, 0.5) is 5.95 Å². The van der Waals surface area contributed by atoms with E-state index in [4.69, 9.17) is 0 Å². The molecule has 4 heteroatoms. The number of aryl methyl sites for hydroxylation is 1. The Morgan fingerprint density at radius 2 is 1.77 bits per heavy atom. The van der Waals surface area contributed by atoms with Gasteiger partial charge in [-0.15, -0.1) is 6.58 Å². The molecule has 0 bridgehead atoms. The van der Waals surface area contributed by atoms with Gasteiger partial charge in [-0.25, -0.2) is 0 Å². The minimum atomic E-state index is -0.175. The van der Waals surface area contributed by atoms with E-state index in [2.05, 4.69) is 70.0 Å². The van der Waals surface area contributed by atoms with E-state index in [1.807, 2.05) is 12.1 Å². The first-order chi connectivity index (χ1) is 14.7. The van der Waals surface area contributed by atoms with Crippen LogP contribution in [0, 0.1) is 5.92 Å². The molecule has 4 rings (SSSR count). The van der Waals surface area contributed by atoms with Gasteiger partial charge in [0.15, 0.2) is 0 Å². The molecule has 0 aliphatic heterocycles. The molecule has 0 saturated heterocycles. The first-order valence-corrected chi connectivity index (χ1v) is 10.8. The van der Waals surface area contributed by atoms with Gasteiger partial charge >= 0.3 is 0 Å². The van der Waals surface area contributed by atoms with Crippen LogP contribution in [-0.4, -0.2) is 23.1 Å². The van der Waals surface area contributed by atoms with Crippen molar-refractivity contribution in [2.24, 2.45) is 5.92 Å². The summed E-state index contributed by atoms with van der Waals surface area (Å²) < 4.78 is 0. The summed E-state index contributed by atoms with van der Waals surface area (Å²) in [4.78, 5) is 22.1. The Labute approximate surface area is 178 Å². The van der Waals surface area contributed by atoms with Crippen LogP contribution in [0.3, 0.4) is 0 Å². The highest BCUT2D eigenvalue weighted by atomic mass is 16.1. The van der Waals surface area contributed by atoms with Gasteiger partial charge in [0, 0.05) is 24.8 Å². The standard InChI is InChI=1S/C26H29N3O/c1-2-14-29(15-8-11-20-9-4-3-5-10-20)26-27-24(19-25(30)28-26)18-21-16-22-12-6-7-13-23(22)17-21/h2-7,9-10,12-13,19,21H,1,8,11,14-18H2,(H,27,28,30). The minimum absolute atomic E-state index is 0.175. The second-order valence-corrected chi connectivity index (χ2v) is 8.14. The third-order valence-corrected chi connectivity index (χ3v) is 5.82. The summed E-state index contributed by atoms with van der Waals surface area (Å²) in [5.74, 6) is 1.18. The lowest BCUT2D eigenvalue weighted by atomic mass is 10.00. The van der Waals surface area contributed by atoms with E-state index in [0.29, 0.717) is 18.4 Å². The van der Waals surface area contributed by atoms with E-state index in [1.165, 1.54) is 16.7 Å². The Bertz CT molecular complexity index is 1020. The number of rotatable bonds is 9. The summed E-state index contributed by atoms with van der Waals surface area (Å²) >= 11 is 0. The number of nitrogens with one attached hydrogen (secondary N) is 1. The summed E-state index contributed by atoms with van der Waals surface area (Å²) in [6.07, 6.45) is 6.86. The monoisotopic (exact) mass is 399 g/mol. The predicted octanol–water partition coefficient (Wildman–Crippen LogP) is 4.35. The van der Waals surface area contributed by atoms with Gasteiger partial charge in [-0.2, -0.15) is 4.98 Å². The van der Waals surface area contributed by atoms with Crippen molar-refractivity contribution in [2.75, 3.05) is 18.0 Å². The van der Waals surface area contributed by atoms with E-state index < -0.39 is 0 Å². The number of benzene rings is 2. The number of hydrogen-bond donors (Lipinski definition) is 1. The average molecular weight is 400 g/mol. The first-order valence-electron chi connectivity index (χ1n) is 10.8. The van der Waals surface area contributed by atoms with Gasteiger partial charge in [0.05, 0.1) is 0 Å². The Morgan fingerprint density at radius 3 is 2.47 bits per heavy atom. The average Bonchev–Trinajstić information content (AvgIpc) is 3.15. The summed E-state index contributed by atoms with van der Waals surface area (Å²) in [6, 6.07) is 20.8. The molecule has 0 unspecified atom stereocenters. The molecule has 2 aromatic carbocycles. The summed E-state index contributed by atoms with van der Waals surface area (Å²) in [6.45, 7) is 5.37. The van der Waals surface area contributed by atoms with E-state index in [9.17, 15) is 4.79 Å². The third kappa shape index (κ3) is 5.07. The number of hydrogen-bond acceptors (Lipinski definition) is 3. The van der Waals surface area contributed by atoms with Gasteiger partial charge in [0.2, 0.25) is 5.95 Å². The number of aromatic nitrogens is 2. The molecule has 1 heterocycles. The molecule has 1 aliphatic rings. The van der Waals surface area contributed by atoms with Gasteiger partial charge in [-0.05, 0) is 54.7 Å². The van der Waals surface area contributed by atoms with E-state index in [-0.39, 0.29) is 5.56 Å². The van der Waals surface area contributed by atoms with E-state index >= 15 is 0 Å². The lowest BCUT2D eigenvalue weighted by Gasteiger charge is -2.22. The first kappa shape index (κ1) is 20.1. The van der Waals surface area contributed by atoms with E-state index in [1.54, 1.807) is 6.07 Å². The zero-order valence-corrected chi connectivity index (χ0v) is 17.4. The second-order valence-electron chi connectivity index (χ2n) is 8.14. The largest absolute Gasteiger partial charge is 0.339 e. The highest BCUT2D eigenvalue weighted by Crippen LogP contribution is 2.28. The van der Waals surface area contributed by atoms with Crippen molar-refractivity contribution in [1.82, 2.24) is 9.97 Å². The zero-order valence-electron chi connectivity index (χ0n) is 17.4. The molecule has 154 valence electrons. The van der Waals surface area contributed by atoms with Crippen LogP contribution in [-0.2, 0) is 25.7 Å². The van der Waals surface area contributed by atoms with Crippen LogP contribution in [0.1, 0.15) is 28.8 Å². The molecular formula is C26H29N3O. The van der Waals surface area contributed by atoms with Crippen molar-refractivity contribution in [3.8, 4) is 0 Å². The Hall–Kier alpha value is -3.14. The molecular weight excluding hydrogens is 370 g/mol. The smallest absolute Gasteiger partial charge is 0.274 e. The second kappa shape index (κ2) is 9.57. The van der Waals surface area contributed by atoms with Crippen LogP contribution in [0.5, 0.6) is 0 Å². The van der Waals surface area contributed by atoms with Crippen molar-refractivity contribution in [3.63, 3.8) is 0 Å². The molecule has 0 spiro atoms. The maximum Gasteiger partial charge on any atom is 0.274 e. The van der Waals surface area contributed by atoms with Crippen molar-refractivity contribution in [1.29, 1.82) is 0 Å². The minimum Gasteiger partial charge on any atom is -0.339 e. The normalized spacial score (nSPS) is 13.2. The Kier molecular flexibility index (Phi) is 6.43. The quantitative estimate of drug-likeness (QED) is 0.544. The number of H-pyrrole nitrogens is 1. The lowest BCUT2D eigenvalue weighted by molar-refractivity contribution is 0.549. The highest BCUT2D eigenvalue weighted by Gasteiger charge is 2.22. The fourth-order valence-corrected chi connectivity index (χ4v) is 4.42. The van der Waals surface area contributed by atoms with Crippen molar-refractivity contribution >= 4 is 5.95 Å². The molecule has 0 atom stereocenters. The van der Waals surface area contributed by atoms with Crippen molar-refractivity contribution in [3.05, 3.63) is 106 Å². The van der Waals surface area contributed by atoms with E-state index in [0.717, 1.165) is 44.3 Å². The fourth-order valence-electron chi connectivity index (χ4n) is 4.42. The molecule has 0 saturated carbocycles. The fraction of sp³-hybridized carbons (Fsp3) is 0.308. The van der Waals surface area contributed by atoms with Crippen molar-refractivity contribution in [2.45, 2.75) is 32.1 Å². The molecule has 1 N–H and O–H groups in total. The molecule has 0 fully saturated rings. The topological polar surface area (TPSA) is 49.0 Å². The van der Waals surface area contributed by atoms with Gasteiger partial charge in [-0.3, -0.25) is 4.79 Å². The van der Waals surface area contributed by atoms with Gasteiger partial charge in [0.1, 0.15) is 0 Å². The molecule has 1 aromatic heterocycles. The molecule has 3 aromatic rings. The lowest BCUT2D eigenvalue weighted by Crippen LogP contribution is -2.29. The number of fused-ring (bicyclic) bond motifs is 1. The van der Waals surface area contributed by atoms with Gasteiger partial charge in [-0.1, -0.05) is 60.7 Å². The van der Waals surface area contributed by atoms with Gasteiger partial charge < -0.3 is 9.88 Å². The van der Waals surface area contributed by atoms with Crippen LogP contribution in [0.15, 0.2) is 78.1 Å². The highest BCUT2D eigenvalue weighted by molar-refractivity contribution is 5.34. The molecule has 0 radical (unpaired) electrons. The predicted molar refractivity (Wildman–Crippen MR) is 123 cm³/mol. The zero-order chi connectivity index (χ0) is 20.8. The van der Waals surface area contributed by atoms with Crippen LogP contribution >= 0.6 is 0 Å². The SMILES string of the molecule is C=CCN(CCCc1ccccc1)c1nc(=O)cc(CC2Cc3ccccc3C2)[nH]1. The molecule has 4 nitrogen and oxygen atoms in total. The summed E-state index contributed by atoms with van der Waals surface area (Å²) in [5.41, 5.74) is 5.00. The maximum absolute atomic E-state index is 12.3. The summed E-state index contributed by atoms with van der Waals surface area (Å²) in [7, 11) is 0. The van der Waals surface area contributed by atoms with Crippen LogP contribution < -0.4 is 10.5 Å². The number of aromatic amines is 1. The number of nitrogens with zero attached hydrogens (tertiary/aromatic N) is 2. The number of anilines is 1. The third-order valence-electron chi connectivity index (χ3n) is 5.82. The Morgan fingerprint density at radius 1 is 1.07 bits per heavy atom. The Balaban J connectivity index is 1.43. The molecule has 0 amide bonds. The maximum atomic E-state index is 12.3. The van der Waals surface area contributed by atoms with Crippen LogP contribution in [0.25, 0.3) is 0 Å². The van der Waals surface area contributed by atoms with Crippen molar-refractivity contribution < 1.29 is 0 Å². The summed E-state index contributed by atoms with van der Waals surface area (Å²) in [5, 5.41) is 0. The molecule has 30 heavy (non-hydrogen) atoms. The van der Waals surface area contributed by atoms with Crippen LogP contribution in [0.2, 0.25) is 0 Å². The van der Waals surface area contributed by atoms with Gasteiger partial charge in [0.25, 0.3) is 5.56 Å².